The van der Waals surface area contributed by atoms with Crippen LogP contribution in [-0.2, 0) is 10.9 Å². The lowest BCUT2D eigenvalue weighted by Gasteiger charge is -2.12. The third kappa shape index (κ3) is 3.79. The van der Waals surface area contributed by atoms with Crippen LogP contribution in [0.15, 0.2) is 65.3 Å². The molecule has 4 aromatic rings. The highest BCUT2D eigenvalue weighted by Gasteiger charge is 2.42. The lowest BCUT2D eigenvalue weighted by molar-refractivity contribution is -0.142. The first-order valence-corrected chi connectivity index (χ1v) is 9.24. The van der Waals surface area contributed by atoms with E-state index in [0.717, 1.165) is 13.3 Å². The van der Waals surface area contributed by atoms with Crippen molar-refractivity contribution < 1.29 is 27.2 Å². The minimum atomic E-state index is -4.83. The first kappa shape index (κ1) is 20.7. The van der Waals surface area contributed by atoms with Gasteiger partial charge in [-0.05, 0) is 18.2 Å². The summed E-state index contributed by atoms with van der Waals surface area (Å²) in [6.45, 7) is 0. The number of carbonyl (C=O) groups is 1. The number of carbonyl (C=O) groups excluding carboxylic acids is 1. The number of esters is 1. The van der Waals surface area contributed by atoms with E-state index in [1.54, 1.807) is 30.3 Å². The summed E-state index contributed by atoms with van der Waals surface area (Å²) in [4.78, 5) is 12.5. The molecule has 158 valence electrons. The summed E-state index contributed by atoms with van der Waals surface area (Å²) < 4.78 is 53.0. The second kappa shape index (κ2) is 7.92. The van der Waals surface area contributed by atoms with E-state index >= 15 is 0 Å². The average Bonchev–Trinajstić information content (AvgIpc) is 3.38. The molecule has 2 aromatic carbocycles. The van der Waals surface area contributed by atoms with E-state index in [1.807, 2.05) is 0 Å². The van der Waals surface area contributed by atoms with Crippen molar-refractivity contribution in [3.63, 3.8) is 0 Å². The van der Waals surface area contributed by atoms with Crippen LogP contribution in [0.3, 0.4) is 0 Å². The van der Waals surface area contributed by atoms with Crippen molar-refractivity contribution in [1.29, 1.82) is 0 Å². The van der Waals surface area contributed by atoms with Crippen molar-refractivity contribution in [3.05, 3.63) is 77.1 Å². The number of nitrogens with zero attached hydrogens (tertiary/aromatic N) is 3. The second-order valence-corrected chi connectivity index (χ2v) is 6.83. The zero-order valence-electron chi connectivity index (χ0n) is 15.9. The van der Waals surface area contributed by atoms with Crippen LogP contribution >= 0.6 is 11.6 Å². The summed E-state index contributed by atoms with van der Waals surface area (Å²) in [7, 11) is 1.12. The largest absolute Gasteiger partial charge is 0.465 e. The Balaban J connectivity index is 1.97. The van der Waals surface area contributed by atoms with Gasteiger partial charge in [0.15, 0.2) is 11.5 Å². The topological polar surface area (TPSA) is 70.2 Å². The molecule has 0 fully saturated rings. The third-order valence-corrected chi connectivity index (χ3v) is 4.70. The zero-order valence-corrected chi connectivity index (χ0v) is 16.6. The number of ether oxygens (including phenoxy) is 1. The molecule has 6 nitrogen and oxygen atoms in total. The standard InChI is InChI=1S/C21H13ClF3N3O3/c1-30-20(29)16-17(12-6-3-2-4-7-12)27-31-18(16)15-11-26-28(19(15)21(23,24)25)14-9-5-8-13(22)10-14/h2-11H,1H3. The molecular weight excluding hydrogens is 435 g/mol. The fourth-order valence-electron chi connectivity index (χ4n) is 3.15. The smallest absolute Gasteiger partial charge is 0.434 e. The summed E-state index contributed by atoms with van der Waals surface area (Å²) in [6, 6.07) is 14.2. The maximum atomic E-state index is 14.1. The molecule has 10 heteroatoms. The van der Waals surface area contributed by atoms with E-state index in [0.29, 0.717) is 10.2 Å². The van der Waals surface area contributed by atoms with Gasteiger partial charge in [0.2, 0.25) is 0 Å². The summed E-state index contributed by atoms with van der Waals surface area (Å²) in [6.07, 6.45) is -3.87. The zero-order chi connectivity index (χ0) is 22.2. The number of hydrogen-bond acceptors (Lipinski definition) is 5. The lowest BCUT2D eigenvalue weighted by atomic mass is 10.0. The second-order valence-electron chi connectivity index (χ2n) is 6.39. The van der Waals surface area contributed by atoms with Crippen molar-refractivity contribution in [3.8, 4) is 28.3 Å². The molecule has 0 atom stereocenters. The summed E-state index contributed by atoms with van der Waals surface area (Å²) in [5.41, 5.74) is -1.20. The Morgan fingerprint density at radius 2 is 1.87 bits per heavy atom. The van der Waals surface area contributed by atoms with Crippen LogP contribution in [0.2, 0.25) is 5.02 Å². The Morgan fingerprint density at radius 3 is 2.52 bits per heavy atom. The van der Waals surface area contributed by atoms with Crippen LogP contribution in [0.25, 0.3) is 28.3 Å². The van der Waals surface area contributed by atoms with Gasteiger partial charge in [-0.2, -0.15) is 18.3 Å². The molecule has 0 spiro atoms. The molecular formula is C21H13ClF3N3O3. The Hall–Kier alpha value is -3.59. The fourth-order valence-corrected chi connectivity index (χ4v) is 3.33. The predicted octanol–water partition coefficient (Wildman–Crippen LogP) is 5.65. The summed E-state index contributed by atoms with van der Waals surface area (Å²) in [5, 5.41) is 7.97. The lowest BCUT2D eigenvalue weighted by Crippen LogP contribution is -2.15. The molecule has 0 aliphatic carbocycles. The molecule has 0 amide bonds. The average molecular weight is 448 g/mol. The van der Waals surface area contributed by atoms with E-state index in [2.05, 4.69) is 10.3 Å². The number of halogens is 4. The molecule has 0 N–H and O–H groups in total. The number of hydrogen-bond donors (Lipinski definition) is 0. The van der Waals surface area contributed by atoms with Gasteiger partial charge in [0.25, 0.3) is 0 Å². The van der Waals surface area contributed by atoms with E-state index in [1.165, 1.54) is 24.3 Å². The van der Waals surface area contributed by atoms with Crippen molar-refractivity contribution in [2.24, 2.45) is 0 Å². The van der Waals surface area contributed by atoms with Crippen LogP contribution in [0.5, 0.6) is 0 Å². The number of benzene rings is 2. The maximum Gasteiger partial charge on any atom is 0.434 e. The molecule has 0 radical (unpaired) electrons. The minimum absolute atomic E-state index is 0.0612. The minimum Gasteiger partial charge on any atom is -0.465 e. The van der Waals surface area contributed by atoms with Gasteiger partial charge in [0.05, 0.1) is 24.6 Å². The van der Waals surface area contributed by atoms with E-state index in [4.69, 9.17) is 20.9 Å². The highest BCUT2D eigenvalue weighted by Crippen LogP contribution is 2.41. The molecule has 2 heterocycles. The van der Waals surface area contributed by atoms with Gasteiger partial charge in [-0.25, -0.2) is 9.48 Å². The predicted molar refractivity (Wildman–Crippen MR) is 106 cm³/mol. The number of aromatic nitrogens is 3. The SMILES string of the molecule is COC(=O)c1c(-c2ccccc2)noc1-c1cnn(-c2cccc(Cl)c2)c1C(F)(F)F. The molecule has 0 aliphatic heterocycles. The van der Waals surface area contributed by atoms with Gasteiger partial charge in [-0.1, -0.05) is 53.2 Å². The normalized spacial score (nSPS) is 11.5. The molecule has 4 rings (SSSR count). The molecule has 31 heavy (non-hydrogen) atoms. The van der Waals surface area contributed by atoms with Crippen molar-refractivity contribution in [1.82, 2.24) is 14.9 Å². The van der Waals surface area contributed by atoms with Crippen LogP contribution in [-0.4, -0.2) is 28.0 Å². The molecule has 0 aliphatic rings. The van der Waals surface area contributed by atoms with Crippen LogP contribution in [0.4, 0.5) is 13.2 Å². The van der Waals surface area contributed by atoms with Gasteiger partial charge in [-0.3, -0.25) is 0 Å². The molecule has 2 aromatic heterocycles. The first-order valence-electron chi connectivity index (χ1n) is 8.86. The van der Waals surface area contributed by atoms with Crippen LogP contribution < -0.4 is 0 Å². The summed E-state index contributed by atoms with van der Waals surface area (Å²) in [5.74, 6) is -1.29. The van der Waals surface area contributed by atoms with Gasteiger partial charge in [-0.15, -0.1) is 0 Å². The van der Waals surface area contributed by atoms with Gasteiger partial charge >= 0.3 is 12.1 Å². The monoisotopic (exact) mass is 447 g/mol. The summed E-state index contributed by atoms with van der Waals surface area (Å²) >= 11 is 5.93. The molecule has 0 bridgehead atoms. The van der Waals surface area contributed by atoms with Crippen LogP contribution in [0, 0.1) is 0 Å². The van der Waals surface area contributed by atoms with Gasteiger partial charge in [0, 0.05) is 10.6 Å². The van der Waals surface area contributed by atoms with Crippen molar-refractivity contribution in [2.45, 2.75) is 6.18 Å². The van der Waals surface area contributed by atoms with E-state index in [-0.39, 0.29) is 22.0 Å². The van der Waals surface area contributed by atoms with Crippen molar-refractivity contribution in [2.75, 3.05) is 7.11 Å². The number of methoxy groups -OCH3 is 1. The van der Waals surface area contributed by atoms with E-state index in [9.17, 15) is 18.0 Å². The van der Waals surface area contributed by atoms with Crippen LogP contribution in [0.1, 0.15) is 16.1 Å². The van der Waals surface area contributed by atoms with Gasteiger partial charge < -0.3 is 9.26 Å². The molecule has 0 saturated heterocycles. The Bertz CT molecular complexity index is 1250. The highest BCUT2D eigenvalue weighted by molar-refractivity contribution is 6.30. The Labute approximate surface area is 178 Å². The van der Waals surface area contributed by atoms with E-state index < -0.39 is 29.2 Å². The molecule has 0 unspecified atom stereocenters. The Kier molecular flexibility index (Phi) is 5.28. The number of alkyl halides is 3. The van der Waals surface area contributed by atoms with Gasteiger partial charge in [0.1, 0.15) is 11.3 Å². The fraction of sp³-hybridized carbons (Fsp3) is 0.0952. The Morgan fingerprint density at radius 1 is 1.13 bits per heavy atom. The molecule has 0 saturated carbocycles. The first-order chi connectivity index (χ1) is 14.8. The van der Waals surface area contributed by atoms with Crippen molar-refractivity contribution >= 4 is 17.6 Å². The quantitative estimate of drug-likeness (QED) is 0.378. The highest BCUT2D eigenvalue weighted by atomic mass is 35.5. The number of rotatable bonds is 4. The third-order valence-electron chi connectivity index (χ3n) is 4.46. The maximum absolute atomic E-state index is 14.1.